The van der Waals surface area contributed by atoms with Gasteiger partial charge in [0.05, 0.1) is 5.75 Å². The van der Waals surface area contributed by atoms with E-state index in [9.17, 15) is 8.42 Å². The third-order valence-electron chi connectivity index (χ3n) is 7.11. The number of aromatic nitrogens is 1. The molecule has 1 saturated carbocycles. The van der Waals surface area contributed by atoms with Crippen LogP contribution in [0.25, 0.3) is 0 Å². The molecule has 0 atom stereocenters. The standard InChI is InChI=1S/C22H36N6O2S.HI/c1-23-21(27-13-10-22(19-27)8-4-2-5-9-22)25-12-18-31(29,30)28-16-14-26(15-17-28)20-7-3-6-11-24-20;/h3,6-7,11H,2,4-5,8-10,12-19H2,1H3,(H,23,25);1H. The van der Waals surface area contributed by atoms with Crippen LogP contribution < -0.4 is 10.2 Å². The third kappa shape index (κ3) is 6.05. The number of rotatable bonds is 5. The van der Waals surface area contributed by atoms with Gasteiger partial charge in [0.1, 0.15) is 5.82 Å². The van der Waals surface area contributed by atoms with Crippen LogP contribution in [0.15, 0.2) is 29.4 Å². The zero-order valence-corrected chi connectivity index (χ0v) is 22.2. The Bertz CT molecular complexity index is 852. The molecule has 2 saturated heterocycles. The fourth-order valence-corrected chi connectivity index (χ4v) is 6.65. The molecule has 0 bridgehead atoms. The molecule has 8 nitrogen and oxygen atoms in total. The number of pyridine rings is 1. The maximum Gasteiger partial charge on any atom is 0.215 e. The fraction of sp³-hybridized carbons (Fsp3) is 0.727. The molecule has 0 radical (unpaired) electrons. The van der Waals surface area contributed by atoms with Crippen molar-refractivity contribution < 1.29 is 8.42 Å². The molecule has 0 unspecified atom stereocenters. The maximum atomic E-state index is 12.9. The highest BCUT2D eigenvalue weighted by molar-refractivity contribution is 14.0. The molecule has 1 aromatic heterocycles. The van der Waals surface area contributed by atoms with E-state index in [-0.39, 0.29) is 29.7 Å². The average molecular weight is 577 g/mol. The van der Waals surface area contributed by atoms with E-state index in [0.29, 0.717) is 38.1 Å². The second-order valence-electron chi connectivity index (χ2n) is 9.10. The van der Waals surface area contributed by atoms with Gasteiger partial charge in [-0.15, -0.1) is 24.0 Å². The van der Waals surface area contributed by atoms with Crippen molar-refractivity contribution in [1.82, 2.24) is 19.5 Å². The van der Waals surface area contributed by atoms with Crippen molar-refractivity contribution in [2.75, 3.05) is 63.5 Å². The largest absolute Gasteiger partial charge is 0.355 e. The lowest BCUT2D eigenvalue weighted by atomic mass is 9.73. The summed E-state index contributed by atoms with van der Waals surface area (Å²) in [6.07, 6.45) is 9.68. The molecule has 0 amide bonds. The van der Waals surface area contributed by atoms with E-state index in [1.807, 2.05) is 18.2 Å². The number of piperazine rings is 1. The summed E-state index contributed by atoms with van der Waals surface area (Å²) in [5.41, 5.74) is 0.454. The Kier molecular flexibility index (Phi) is 9.02. The van der Waals surface area contributed by atoms with Gasteiger partial charge in [-0.05, 0) is 36.8 Å². The number of hydrogen-bond acceptors (Lipinski definition) is 5. The second-order valence-corrected chi connectivity index (χ2v) is 11.2. The quantitative estimate of drug-likeness (QED) is 0.330. The van der Waals surface area contributed by atoms with Crippen molar-refractivity contribution >= 4 is 45.8 Å². The molecule has 1 N–H and O–H groups in total. The maximum absolute atomic E-state index is 12.9. The van der Waals surface area contributed by atoms with E-state index >= 15 is 0 Å². The van der Waals surface area contributed by atoms with Crippen molar-refractivity contribution in [3.05, 3.63) is 24.4 Å². The lowest BCUT2D eigenvalue weighted by Crippen LogP contribution is -2.50. The molecule has 3 aliphatic rings. The lowest BCUT2D eigenvalue weighted by Gasteiger charge is -2.35. The van der Waals surface area contributed by atoms with Crippen LogP contribution in [-0.4, -0.2) is 87.2 Å². The van der Waals surface area contributed by atoms with Crippen LogP contribution in [0.2, 0.25) is 0 Å². The van der Waals surface area contributed by atoms with E-state index in [0.717, 1.165) is 24.9 Å². The molecule has 3 heterocycles. The van der Waals surface area contributed by atoms with Crippen LogP contribution in [0.5, 0.6) is 0 Å². The smallest absolute Gasteiger partial charge is 0.215 e. The summed E-state index contributed by atoms with van der Waals surface area (Å²) in [5, 5.41) is 3.31. The highest BCUT2D eigenvalue weighted by Crippen LogP contribution is 2.43. The first kappa shape index (κ1) is 25.5. The van der Waals surface area contributed by atoms with Gasteiger partial charge in [-0.25, -0.2) is 13.4 Å². The number of halogens is 1. The molecule has 2 aliphatic heterocycles. The zero-order chi connectivity index (χ0) is 21.7. The van der Waals surface area contributed by atoms with E-state index < -0.39 is 10.0 Å². The SMILES string of the molecule is CN=C(NCCS(=O)(=O)N1CCN(c2ccccn2)CC1)N1CCC2(CCCCC2)C1.I. The van der Waals surface area contributed by atoms with Crippen LogP contribution >= 0.6 is 24.0 Å². The minimum atomic E-state index is -3.29. The van der Waals surface area contributed by atoms with Gasteiger partial charge in [0.25, 0.3) is 0 Å². The molecular formula is C22H37IN6O2S. The molecule has 4 rings (SSSR count). The van der Waals surface area contributed by atoms with Gasteiger partial charge in [-0.2, -0.15) is 4.31 Å². The average Bonchev–Trinajstić information content (AvgIpc) is 3.20. The normalized spacial score (nSPS) is 22.1. The van der Waals surface area contributed by atoms with Crippen LogP contribution in [0.3, 0.4) is 0 Å². The first-order valence-corrected chi connectivity index (χ1v) is 13.2. The summed E-state index contributed by atoms with van der Waals surface area (Å²) in [5.74, 6) is 1.85. The van der Waals surface area contributed by atoms with Crippen molar-refractivity contribution in [2.24, 2.45) is 10.4 Å². The molecular weight excluding hydrogens is 539 g/mol. The topological polar surface area (TPSA) is 81.1 Å². The summed E-state index contributed by atoms with van der Waals surface area (Å²) in [6, 6.07) is 5.82. The predicted octanol–water partition coefficient (Wildman–Crippen LogP) is 2.38. The van der Waals surface area contributed by atoms with E-state index in [1.54, 1.807) is 17.5 Å². The number of aliphatic imine (C=N–C) groups is 1. The number of nitrogens with one attached hydrogen (secondary N) is 1. The summed E-state index contributed by atoms with van der Waals surface area (Å²) in [4.78, 5) is 13.3. The van der Waals surface area contributed by atoms with E-state index in [4.69, 9.17) is 0 Å². The number of nitrogens with zero attached hydrogens (tertiary/aromatic N) is 5. The zero-order valence-electron chi connectivity index (χ0n) is 19.1. The number of hydrogen-bond donors (Lipinski definition) is 1. The molecule has 0 aromatic carbocycles. The molecule has 180 valence electrons. The van der Waals surface area contributed by atoms with Gasteiger partial charge < -0.3 is 15.1 Å². The van der Waals surface area contributed by atoms with Crippen LogP contribution in [0.4, 0.5) is 5.82 Å². The lowest BCUT2D eigenvalue weighted by molar-refractivity contribution is 0.203. The van der Waals surface area contributed by atoms with Gasteiger partial charge in [0, 0.05) is 59.1 Å². The van der Waals surface area contributed by atoms with Crippen molar-refractivity contribution in [3.8, 4) is 0 Å². The first-order valence-electron chi connectivity index (χ1n) is 11.6. The Morgan fingerprint density at radius 3 is 2.50 bits per heavy atom. The Balaban J connectivity index is 0.00000289. The number of anilines is 1. The third-order valence-corrected chi connectivity index (χ3v) is 8.98. The van der Waals surface area contributed by atoms with Crippen LogP contribution in [0.1, 0.15) is 38.5 Å². The predicted molar refractivity (Wildman–Crippen MR) is 140 cm³/mol. The molecule has 1 aliphatic carbocycles. The Hall–Kier alpha value is -1.14. The summed E-state index contributed by atoms with van der Waals surface area (Å²) in [7, 11) is -1.50. The molecule has 3 fully saturated rings. The van der Waals surface area contributed by atoms with E-state index in [1.165, 1.54) is 38.5 Å². The molecule has 10 heteroatoms. The monoisotopic (exact) mass is 576 g/mol. The summed E-state index contributed by atoms with van der Waals surface area (Å²) < 4.78 is 27.3. The molecule has 32 heavy (non-hydrogen) atoms. The van der Waals surface area contributed by atoms with Crippen molar-refractivity contribution in [2.45, 2.75) is 38.5 Å². The summed E-state index contributed by atoms with van der Waals surface area (Å²) in [6.45, 7) is 4.79. The number of guanidine groups is 1. The molecule has 1 spiro atoms. The minimum absolute atomic E-state index is 0. The summed E-state index contributed by atoms with van der Waals surface area (Å²) >= 11 is 0. The first-order chi connectivity index (χ1) is 15.0. The Morgan fingerprint density at radius 1 is 1.09 bits per heavy atom. The number of sulfonamides is 1. The Morgan fingerprint density at radius 2 is 1.84 bits per heavy atom. The highest BCUT2D eigenvalue weighted by atomic mass is 127. The minimum Gasteiger partial charge on any atom is -0.355 e. The van der Waals surface area contributed by atoms with Gasteiger partial charge in [-0.3, -0.25) is 4.99 Å². The second kappa shape index (κ2) is 11.3. The van der Waals surface area contributed by atoms with Crippen molar-refractivity contribution in [3.63, 3.8) is 0 Å². The number of likely N-dealkylation sites (tertiary alicyclic amines) is 1. The van der Waals surface area contributed by atoms with Gasteiger partial charge in [-0.1, -0.05) is 25.3 Å². The fourth-order valence-electron chi connectivity index (χ4n) is 5.32. The van der Waals surface area contributed by atoms with Gasteiger partial charge in [0.2, 0.25) is 10.0 Å². The van der Waals surface area contributed by atoms with E-state index in [2.05, 4.69) is 25.1 Å². The van der Waals surface area contributed by atoms with Gasteiger partial charge >= 0.3 is 0 Å². The Labute approximate surface area is 209 Å². The van der Waals surface area contributed by atoms with Crippen LogP contribution in [0, 0.1) is 5.41 Å². The van der Waals surface area contributed by atoms with Crippen LogP contribution in [-0.2, 0) is 10.0 Å². The van der Waals surface area contributed by atoms with Crippen molar-refractivity contribution in [1.29, 1.82) is 0 Å². The highest BCUT2D eigenvalue weighted by Gasteiger charge is 2.39. The molecule has 1 aromatic rings. The van der Waals surface area contributed by atoms with Gasteiger partial charge in [0.15, 0.2) is 5.96 Å².